The van der Waals surface area contributed by atoms with Crippen molar-refractivity contribution in [2.75, 3.05) is 7.11 Å². The van der Waals surface area contributed by atoms with E-state index in [1.165, 1.54) is 20.0 Å². The molecule has 1 rings (SSSR count). The first kappa shape index (κ1) is 15.0. The molecule has 0 aromatic carbocycles. The van der Waals surface area contributed by atoms with Crippen LogP contribution in [0.1, 0.15) is 32.1 Å². The molecule has 1 unspecified atom stereocenters. The van der Waals surface area contributed by atoms with Gasteiger partial charge in [-0.2, -0.15) is 0 Å². The van der Waals surface area contributed by atoms with Crippen molar-refractivity contribution >= 4 is 11.9 Å². The molecule has 0 fully saturated rings. The molecule has 1 N–H and O–H groups in total. The van der Waals surface area contributed by atoms with Crippen LogP contribution in [0.3, 0.4) is 0 Å². The Morgan fingerprint density at radius 1 is 1.53 bits per heavy atom. The summed E-state index contributed by atoms with van der Waals surface area (Å²) in [6.07, 6.45) is 9.90. The minimum atomic E-state index is -1.18. The summed E-state index contributed by atoms with van der Waals surface area (Å²) in [5.74, 6) is 2.82. The lowest BCUT2D eigenvalue weighted by atomic mass is 10.0. The SMILES string of the molecule is COC(=O)C(CC=CC#CC1=CCCCC1)C(=O)O. The fourth-order valence-corrected chi connectivity index (χ4v) is 1.79. The Morgan fingerprint density at radius 2 is 2.32 bits per heavy atom. The second-order valence-corrected chi connectivity index (χ2v) is 4.30. The van der Waals surface area contributed by atoms with Gasteiger partial charge < -0.3 is 9.84 Å². The maximum Gasteiger partial charge on any atom is 0.320 e. The Bertz CT molecular complexity index is 449. The van der Waals surface area contributed by atoms with Crippen LogP contribution in [-0.2, 0) is 14.3 Å². The van der Waals surface area contributed by atoms with Gasteiger partial charge in [0.25, 0.3) is 0 Å². The van der Waals surface area contributed by atoms with Gasteiger partial charge in [0.2, 0.25) is 0 Å². The molecular weight excluding hydrogens is 244 g/mol. The third-order valence-corrected chi connectivity index (χ3v) is 2.88. The summed E-state index contributed by atoms with van der Waals surface area (Å²) < 4.78 is 4.43. The van der Waals surface area contributed by atoms with Crippen LogP contribution in [0.15, 0.2) is 23.8 Å². The van der Waals surface area contributed by atoms with Crippen LogP contribution in [-0.4, -0.2) is 24.2 Å². The second-order valence-electron chi connectivity index (χ2n) is 4.30. The minimum absolute atomic E-state index is 0.0930. The number of carbonyl (C=O) groups excluding carboxylic acids is 1. The van der Waals surface area contributed by atoms with Gasteiger partial charge in [0, 0.05) is 0 Å². The highest BCUT2D eigenvalue weighted by Crippen LogP contribution is 2.16. The van der Waals surface area contributed by atoms with Crippen LogP contribution in [0.2, 0.25) is 0 Å². The average molecular weight is 262 g/mol. The number of allylic oxidation sites excluding steroid dienone is 4. The molecule has 19 heavy (non-hydrogen) atoms. The summed E-state index contributed by atoms with van der Waals surface area (Å²) in [6.45, 7) is 0. The molecule has 1 aliphatic carbocycles. The van der Waals surface area contributed by atoms with Gasteiger partial charge in [-0.05, 0) is 43.8 Å². The van der Waals surface area contributed by atoms with Crippen LogP contribution in [0.5, 0.6) is 0 Å². The Hall–Kier alpha value is -2.02. The molecule has 0 amide bonds. The third kappa shape index (κ3) is 5.43. The molecule has 0 aliphatic heterocycles. The van der Waals surface area contributed by atoms with Gasteiger partial charge in [-0.15, -0.1) is 0 Å². The number of carboxylic acids is 1. The van der Waals surface area contributed by atoms with Gasteiger partial charge >= 0.3 is 11.9 Å². The number of hydrogen-bond acceptors (Lipinski definition) is 3. The van der Waals surface area contributed by atoms with E-state index in [1.54, 1.807) is 12.2 Å². The van der Waals surface area contributed by atoms with Crippen LogP contribution in [0.4, 0.5) is 0 Å². The summed E-state index contributed by atoms with van der Waals surface area (Å²) in [5, 5.41) is 8.86. The number of carboxylic acid groups (broad SMARTS) is 1. The number of carbonyl (C=O) groups is 2. The molecular formula is C15H18O4. The predicted molar refractivity (Wildman–Crippen MR) is 71.2 cm³/mol. The fraction of sp³-hybridized carbons (Fsp3) is 0.467. The molecule has 0 bridgehead atoms. The highest BCUT2D eigenvalue weighted by atomic mass is 16.5. The van der Waals surface area contributed by atoms with Crippen molar-refractivity contribution in [1.29, 1.82) is 0 Å². The van der Waals surface area contributed by atoms with Crippen LogP contribution >= 0.6 is 0 Å². The van der Waals surface area contributed by atoms with Crippen molar-refractivity contribution in [2.24, 2.45) is 5.92 Å². The average Bonchev–Trinajstić information content (AvgIpc) is 2.42. The van der Waals surface area contributed by atoms with E-state index < -0.39 is 17.9 Å². The van der Waals surface area contributed by atoms with E-state index in [2.05, 4.69) is 22.7 Å². The number of hydrogen-bond donors (Lipinski definition) is 1. The summed E-state index contributed by atoms with van der Waals surface area (Å²) >= 11 is 0. The summed E-state index contributed by atoms with van der Waals surface area (Å²) in [5.41, 5.74) is 1.14. The van der Waals surface area contributed by atoms with E-state index in [0.29, 0.717) is 0 Å². The summed E-state index contributed by atoms with van der Waals surface area (Å²) in [4.78, 5) is 22.0. The molecule has 4 heteroatoms. The van der Waals surface area contributed by atoms with E-state index >= 15 is 0 Å². The molecule has 0 radical (unpaired) electrons. The van der Waals surface area contributed by atoms with Crippen LogP contribution in [0, 0.1) is 17.8 Å². The van der Waals surface area contributed by atoms with Crippen LogP contribution in [0.25, 0.3) is 0 Å². The molecule has 0 aromatic rings. The molecule has 1 aliphatic rings. The second kappa shape index (κ2) is 8.15. The largest absolute Gasteiger partial charge is 0.481 e. The summed E-state index contributed by atoms with van der Waals surface area (Å²) in [6, 6.07) is 0. The molecule has 4 nitrogen and oxygen atoms in total. The van der Waals surface area contributed by atoms with E-state index in [-0.39, 0.29) is 6.42 Å². The highest BCUT2D eigenvalue weighted by molar-refractivity contribution is 5.94. The van der Waals surface area contributed by atoms with Crippen molar-refractivity contribution in [3.8, 4) is 11.8 Å². The van der Waals surface area contributed by atoms with Crippen LogP contribution < -0.4 is 0 Å². The van der Waals surface area contributed by atoms with Gasteiger partial charge in [0.05, 0.1) is 7.11 Å². The maximum absolute atomic E-state index is 11.2. The normalized spacial score (nSPS) is 16.2. The van der Waals surface area contributed by atoms with E-state index in [4.69, 9.17) is 5.11 Å². The Kier molecular flexibility index (Phi) is 6.45. The lowest BCUT2D eigenvalue weighted by Crippen LogP contribution is -2.24. The Balaban J connectivity index is 2.48. The molecule has 1 atom stereocenters. The number of methoxy groups -OCH3 is 1. The minimum Gasteiger partial charge on any atom is -0.481 e. The molecule has 0 saturated carbocycles. The zero-order valence-corrected chi connectivity index (χ0v) is 11.0. The lowest BCUT2D eigenvalue weighted by molar-refractivity contribution is -0.156. The van der Waals surface area contributed by atoms with Gasteiger partial charge in [-0.1, -0.05) is 24.0 Å². The molecule has 0 heterocycles. The first-order valence-electron chi connectivity index (χ1n) is 6.31. The van der Waals surface area contributed by atoms with E-state index in [1.807, 2.05) is 0 Å². The monoisotopic (exact) mass is 262 g/mol. The van der Waals surface area contributed by atoms with Crippen molar-refractivity contribution in [2.45, 2.75) is 32.1 Å². The number of rotatable bonds is 4. The maximum atomic E-state index is 11.2. The molecule has 0 saturated heterocycles. The topological polar surface area (TPSA) is 63.6 Å². The van der Waals surface area contributed by atoms with Crippen molar-refractivity contribution in [1.82, 2.24) is 0 Å². The Labute approximate surface area is 113 Å². The first-order chi connectivity index (χ1) is 9.15. The standard InChI is InChI=1S/C15H18O4/c1-19-15(18)13(14(16)17)11-7-3-6-10-12-8-4-2-5-9-12/h3,7-8,13H,2,4-5,9,11H2,1H3,(H,16,17). The quantitative estimate of drug-likeness (QED) is 0.480. The van der Waals surface area contributed by atoms with Gasteiger partial charge in [0.15, 0.2) is 5.92 Å². The summed E-state index contributed by atoms with van der Waals surface area (Å²) in [7, 11) is 1.18. The third-order valence-electron chi connectivity index (χ3n) is 2.88. The molecule has 0 aromatic heterocycles. The zero-order valence-electron chi connectivity index (χ0n) is 11.0. The number of esters is 1. The smallest absolute Gasteiger partial charge is 0.320 e. The molecule has 102 valence electrons. The number of aliphatic carboxylic acids is 1. The zero-order chi connectivity index (χ0) is 14.1. The van der Waals surface area contributed by atoms with Gasteiger partial charge in [0.1, 0.15) is 0 Å². The number of ether oxygens (including phenoxy) is 1. The van der Waals surface area contributed by atoms with Crippen molar-refractivity contribution in [3.63, 3.8) is 0 Å². The highest BCUT2D eigenvalue weighted by Gasteiger charge is 2.25. The predicted octanol–water partition coefficient (Wildman–Crippen LogP) is 2.31. The van der Waals surface area contributed by atoms with Crippen molar-refractivity contribution < 1.29 is 19.4 Å². The fourth-order valence-electron chi connectivity index (χ4n) is 1.79. The Morgan fingerprint density at radius 3 is 2.89 bits per heavy atom. The van der Waals surface area contributed by atoms with Gasteiger partial charge in [-0.3, -0.25) is 9.59 Å². The van der Waals surface area contributed by atoms with Gasteiger partial charge in [-0.25, -0.2) is 0 Å². The lowest BCUT2D eigenvalue weighted by Gasteiger charge is -2.06. The first-order valence-corrected chi connectivity index (χ1v) is 6.31. The van der Waals surface area contributed by atoms with E-state index in [9.17, 15) is 9.59 Å². The van der Waals surface area contributed by atoms with E-state index in [0.717, 1.165) is 18.4 Å². The van der Waals surface area contributed by atoms with Crippen molar-refractivity contribution in [3.05, 3.63) is 23.8 Å². The molecule has 0 spiro atoms.